The molecule has 0 saturated carbocycles. The topological polar surface area (TPSA) is 81.0 Å². The maximum Gasteiger partial charge on any atom is 0.279 e. The predicted octanol–water partition coefficient (Wildman–Crippen LogP) is 3.25. The van der Waals surface area contributed by atoms with Gasteiger partial charge in [-0.3, -0.25) is 4.79 Å². The number of nitrogens with zero attached hydrogens (tertiary/aromatic N) is 3. The van der Waals surface area contributed by atoms with Crippen molar-refractivity contribution in [2.24, 2.45) is 4.99 Å². The molecule has 2 aromatic carbocycles. The lowest BCUT2D eigenvalue weighted by Gasteiger charge is -2.15. The van der Waals surface area contributed by atoms with Crippen LogP contribution in [0.25, 0.3) is 0 Å². The molecule has 1 heterocycles. The first-order valence-electron chi connectivity index (χ1n) is 8.81. The molecule has 1 amide bonds. The van der Waals surface area contributed by atoms with Crippen LogP contribution < -0.4 is 9.54 Å². The van der Waals surface area contributed by atoms with E-state index in [-0.39, 0.29) is 16.2 Å². The lowest BCUT2D eigenvalue weighted by molar-refractivity contribution is 0.0997. The zero-order valence-corrected chi connectivity index (χ0v) is 19.0. The first kappa shape index (κ1) is 22.2. The minimum atomic E-state index is -3.79. The van der Waals surface area contributed by atoms with Gasteiger partial charge in [-0.25, -0.2) is 12.7 Å². The summed E-state index contributed by atoms with van der Waals surface area (Å²) in [5.74, 6) is -0.395. The highest BCUT2D eigenvalue weighted by Crippen LogP contribution is 2.27. The molecule has 0 aliphatic carbocycles. The van der Waals surface area contributed by atoms with E-state index in [0.717, 1.165) is 9.87 Å². The molecule has 10 heteroatoms. The van der Waals surface area contributed by atoms with Gasteiger partial charge in [0, 0.05) is 36.3 Å². The zero-order valence-electron chi connectivity index (χ0n) is 16.6. The van der Waals surface area contributed by atoms with Crippen molar-refractivity contribution in [3.63, 3.8) is 0 Å². The summed E-state index contributed by atoms with van der Waals surface area (Å²) in [4.78, 5) is 17.4. The van der Waals surface area contributed by atoms with Crippen molar-refractivity contribution in [2.75, 3.05) is 21.2 Å². The second kappa shape index (κ2) is 9.13. The van der Waals surface area contributed by atoms with Crippen molar-refractivity contribution in [1.82, 2.24) is 8.87 Å². The van der Waals surface area contributed by atoms with E-state index < -0.39 is 15.9 Å². The summed E-state index contributed by atoms with van der Waals surface area (Å²) < 4.78 is 33.2. The number of aromatic nitrogens is 1. The third kappa shape index (κ3) is 4.65. The van der Waals surface area contributed by atoms with Crippen LogP contribution in [0.5, 0.6) is 5.75 Å². The maximum absolute atomic E-state index is 12.8. The van der Waals surface area contributed by atoms with Crippen LogP contribution in [0.3, 0.4) is 0 Å². The Labute approximate surface area is 183 Å². The van der Waals surface area contributed by atoms with E-state index in [1.54, 1.807) is 6.07 Å². The molecule has 0 unspecified atom stereocenters. The highest BCUT2D eigenvalue weighted by Gasteiger charge is 2.24. The summed E-state index contributed by atoms with van der Waals surface area (Å²) in [6.07, 6.45) is 1.82. The van der Waals surface area contributed by atoms with E-state index in [2.05, 4.69) is 4.99 Å². The molecule has 1 aromatic heterocycles. The van der Waals surface area contributed by atoms with Crippen LogP contribution in [-0.4, -0.2) is 44.4 Å². The minimum Gasteiger partial charge on any atom is -0.495 e. The van der Waals surface area contributed by atoms with Gasteiger partial charge in [0.1, 0.15) is 10.6 Å². The van der Waals surface area contributed by atoms with E-state index in [0.29, 0.717) is 16.4 Å². The number of hydrogen-bond donors (Lipinski definition) is 0. The minimum absolute atomic E-state index is 0.0915. The van der Waals surface area contributed by atoms with Gasteiger partial charge in [0.15, 0.2) is 4.80 Å². The molecule has 0 saturated heterocycles. The summed E-state index contributed by atoms with van der Waals surface area (Å²) in [6.45, 7) is 0.457. The number of ether oxygens (including phenoxy) is 1. The van der Waals surface area contributed by atoms with Gasteiger partial charge in [-0.1, -0.05) is 29.8 Å². The fraction of sp³-hybridized carbons (Fsp3) is 0.200. The molecule has 0 radical (unpaired) electrons. The first-order valence-corrected chi connectivity index (χ1v) is 11.5. The van der Waals surface area contributed by atoms with E-state index in [1.807, 2.05) is 34.3 Å². The molecule has 0 aliphatic heterocycles. The van der Waals surface area contributed by atoms with Gasteiger partial charge in [0.2, 0.25) is 10.0 Å². The van der Waals surface area contributed by atoms with Crippen molar-refractivity contribution < 1.29 is 17.9 Å². The van der Waals surface area contributed by atoms with E-state index in [9.17, 15) is 13.2 Å². The molecular weight excluding hydrogens is 446 g/mol. The third-order valence-electron chi connectivity index (χ3n) is 4.32. The molecule has 3 aromatic rings. The van der Waals surface area contributed by atoms with Crippen molar-refractivity contribution in [3.05, 3.63) is 75.0 Å². The molecule has 0 aliphatic rings. The fourth-order valence-corrected chi connectivity index (χ4v) is 4.67. The number of methoxy groups -OCH3 is 1. The lowest BCUT2D eigenvalue weighted by atomic mass is 10.2. The number of rotatable bonds is 6. The summed E-state index contributed by atoms with van der Waals surface area (Å²) in [6, 6.07) is 11.7. The van der Waals surface area contributed by atoms with Crippen LogP contribution in [0.15, 0.2) is 63.9 Å². The highest BCUT2D eigenvalue weighted by atomic mass is 35.5. The van der Waals surface area contributed by atoms with Gasteiger partial charge >= 0.3 is 0 Å². The van der Waals surface area contributed by atoms with E-state index in [1.165, 1.54) is 50.7 Å². The quantitative estimate of drug-likeness (QED) is 0.559. The largest absolute Gasteiger partial charge is 0.495 e. The molecule has 0 fully saturated rings. The smallest absolute Gasteiger partial charge is 0.279 e. The Morgan fingerprint density at radius 2 is 1.97 bits per heavy atom. The average Bonchev–Trinajstić information content (AvgIpc) is 3.15. The van der Waals surface area contributed by atoms with Gasteiger partial charge in [-0.05, 0) is 29.8 Å². The molecular formula is C20H20ClN3O4S2. The number of thiazole rings is 1. The third-order valence-corrected chi connectivity index (χ3v) is 7.32. The number of carbonyl (C=O) groups excluding carboxylic acids is 1. The number of halogens is 1. The van der Waals surface area contributed by atoms with Crippen molar-refractivity contribution in [1.29, 1.82) is 0 Å². The Hall–Kier alpha value is -2.46. The number of hydrogen-bond acceptors (Lipinski definition) is 5. The highest BCUT2D eigenvalue weighted by molar-refractivity contribution is 7.89. The monoisotopic (exact) mass is 465 g/mol. The normalized spacial score (nSPS) is 12.4. The summed E-state index contributed by atoms with van der Waals surface area (Å²) in [7, 11) is 0.407. The van der Waals surface area contributed by atoms with Crippen molar-refractivity contribution >= 4 is 38.9 Å². The molecule has 30 heavy (non-hydrogen) atoms. The van der Waals surface area contributed by atoms with Crippen LogP contribution >= 0.6 is 22.9 Å². The summed E-state index contributed by atoms with van der Waals surface area (Å²) >= 11 is 7.53. The molecule has 7 nitrogen and oxygen atoms in total. The Morgan fingerprint density at radius 1 is 1.23 bits per heavy atom. The molecule has 0 bridgehead atoms. The van der Waals surface area contributed by atoms with Crippen LogP contribution in [0, 0.1) is 0 Å². The van der Waals surface area contributed by atoms with Crippen molar-refractivity contribution in [2.45, 2.75) is 11.4 Å². The molecule has 0 N–H and O–H groups in total. The Balaban J connectivity index is 1.99. The van der Waals surface area contributed by atoms with Gasteiger partial charge in [0.05, 0.1) is 13.7 Å². The second-order valence-electron chi connectivity index (χ2n) is 6.47. The zero-order chi connectivity index (χ0) is 21.9. The standard InChI is InChI=1S/C20H20ClN3O4S2/c1-23(2)30(26,27)18-12-14(8-9-17(18)28-3)19(25)22-20-24(10-11-29-20)13-15-6-4-5-7-16(15)21/h4-12H,13H2,1-3H3. The van der Waals surface area contributed by atoms with Gasteiger partial charge in [0.25, 0.3) is 5.91 Å². The van der Waals surface area contributed by atoms with Gasteiger partial charge in [-0.2, -0.15) is 4.99 Å². The van der Waals surface area contributed by atoms with Crippen LogP contribution in [0.2, 0.25) is 5.02 Å². The van der Waals surface area contributed by atoms with Crippen LogP contribution in [-0.2, 0) is 16.6 Å². The molecule has 158 valence electrons. The second-order valence-corrected chi connectivity index (χ2v) is 9.88. The Bertz CT molecular complexity index is 1250. The molecule has 0 spiro atoms. The maximum atomic E-state index is 12.8. The SMILES string of the molecule is COc1ccc(C(=O)N=c2sccn2Cc2ccccc2Cl)cc1S(=O)(=O)N(C)C. The first-order chi connectivity index (χ1) is 14.2. The molecule has 3 rings (SSSR count). The number of benzene rings is 2. The van der Waals surface area contributed by atoms with Gasteiger partial charge in [-0.15, -0.1) is 11.3 Å². The number of sulfonamides is 1. The van der Waals surface area contributed by atoms with E-state index >= 15 is 0 Å². The Morgan fingerprint density at radius 3 is 2.63 bits per heavy atom. The summed E-state index contributed by atoms with van der Waals surface area (Å²) in [5.41, 5.74) is 1.05. The summed E-state index contributed by atoms with van der Waals surface area (Å²) in [5, 5.41) is 2.45. The number of amides is 1. The fourth-order valence-electron chi connectivity index (χ4n) is 2.68. The lowest BCUT2D eigenvalue weighted by Crippen LogP contribution is -2.23. The van der Waals surface area contributed by atoms with Crippen LogP contribution in [0.1, 0.15) is 15.9 Å². The van der Waals surface area contributed by atoms with Crippen LogP contribution in [0.4, 0.5) is 0 Å². The molecule has 0 atom stereocenters. The van der Waals surface area contributed by atoms with Gasteiger partial charge < -0.3 is 9.30 Å². The average molecular weight is 466 g/mol. The van der Waals surface area contributed by atoms with E-state index in [4.69, 9.17) is 16.3 Å². The Kier molecular flexibility index (Phi) is 6.77. The predicted molar refractivity (Wildman–Crippen MR) is 117 cm³/mol. The van der Waals surface area contributed by atoms with Crippen molar-refractivity contribution in [3.8, 4) is 5.75 Å². The number of carbonyl (C=O) groups is 1.